The van der Waals surface area contributed by atoms with Crippen molar-refractivity contribution < 1.29 is 9.13 Å². The normalized spacial score (nSPS) is 15.1. The predicted molar refractivity (Wildman–Crippen MR) is 52.2 cm³/mol. The van der Waals surface area contributed by atoms with Gasteiger partial charge in [-0.3, -0.25) is 4.98 Å². The van der Waals surface area contributed by atoms with E-state index in [9.17, 15) is 4.39 Å². The number of hydrogen-bond acceptors (Lipinski definition) is 3. The number of nitrogens with zero attached hydrogens (tertiary/aromatic N) is 1. The molecule has 1 heterocycles. The molecule has 1 aromatic heterocycles. The number of aromatic nitrogens is 1. The summed E-state index contributed by atoms with van der Waals surface area (Å²) in [6, 6.07) is 1.05. The van der Waals surface area contributed by atoms with Crippen LogP contribution >= 0.6 is 0 Å². The third-order valence-corrected chi connectivity index (χ3v) is 2.05. The third kappa shape index (κ3) is 2.75. The Hall–Kier alpha value is -1.00. The summed E-state index contributed by atoms with van der Waals surface area (Å²) in [6.07, 6.45) is 2.58. The summed E-state index contributed by atoms with van der Waals surface area (Å²) >= 11 is 0. The molecule has 1 aromatic rings. The SMILES string of the molecule is CCOC(C)C(N)c1cncc(F)c1. The maximum atomic E-state index is 12.8. The minimum absolute atomic E-state index is 0.136. The molecular weight excluding hydrogens is 183 g/mol. The third-order valence-electron chi connectivity index (χ3n) is 2.05. The van der Waals surface area contributed by atoms with E-state index >= 15 is 0 Å². The average Bonchev–Trinajstić information content (AvgIpc) is 2.17. The van der Waals surface area contributed by atoms with Gasteiger partial charge >= 0.3 is 0 Å². The van der Waals surface area contributed by atoms with Gasteiger partial charge in [0.2, 0.25) is 0 Å². The number of pyridine rings is 1. The smallest absolute Gasteiger partial charge is 0.141 e. The lowest BCUT2D eigenvalue weighted by molar-refractivity contribution is 0.0573. The average molecular weight is 198 g/mol. The summed E-state index contributed by atoms with van der Waals surface area (Å²) in [5.41, 5.74) is 6.52. The first-order chi connectivity index (χ1) is 6.65. The van der Waals surface area contributed by atoms with E-state index < -0.39 is 0 Å². The first-order valence-corrected chi connectivity index (χ1v) is 4.62. The molecule has 0 radical (unpaired) electrons. The highest BCUT2D eigenvalue weighted by Gasteiger charge is 2.15. The second-order valence-corrected chi connectivity index (χ2v) is 3.12. The first kappa shape index (κ1) is 11.1. The molecule has 3 nitrogen and oxygen atoms in total. The predicted octanol–water partition coefficient (Wildman–Crippen LogP) is 1.65. The Balaban J connectivity index is 2.73. The van der Waals surface area contributed by atoms with Crippen LogP contribution in [-0.2, 0) is 4.74 Å². The second-order valence-electron chi connectivity index (χ2n) is 3.12. The number of rotatable bonds is 4. The summed E-state index contributed by atoms with van der Waals surface area (Å²) in [7, 11) is 0. The maximum absolute atomic E-state index is 12.8. The van der Waals surface area contributed by atoms with Crippen molar-refractivity contribution in [3.63, 3.8) is 0 Å². The zero-order valence-corrected chi connectivity index (χ0v) is 8.40. The lowest BCUT2D eigenvalue weighted by atomic mass is 10.1. The van der Waals surface area contributed by atoms with Crippen LogP contribution in [0.4, 0.5) is 4.39 Å². The fraction of sp³-hybridized carbons (Fsp3) is 0.500. The van der Waals surface area contributed by atoms with Gasteiger partial charge in [-0.25, -0.2) is 4.39 Å². The van der Waals surface area contributed by atoms with E-state index in [-0.39, 0.29) is 18.0 Å². The fourth-order valence-electron chi connectivity index (χ4n) is 1.25. The summed E-state index contributed by atoms with van der Waals surface area (Å²) in [6.45, 7) is 4.35. The highest BCUT2D eigenvalue weighted by atomic mass is 19.1. The van der Waals surface area contributed by atoms with Gasteiger partial charge in [0.05, 0.1) is 18.3 Å². The van der Waals surface area contributed by atoms with Gasteiger partial charge in [-0.2, -0.15) is 0 Å². The van der Waals surface area contributed by atoms with Gasteiger partial charge in [0.1, 0.15) is 5.82 Å². The van der Waals surface area contributed by atoms with Crippen LogP contribution < -0.4 is 5.73 Å². The topological polar surface area (TPSA) is 48.1 Å². The van der Waals surface area contributed by atoms with Crippen molar-refractivity contribution in [3.8, 4) is 0 Å². The van der Waals surface area contributed by atoms with E-state index in [0.717, 1.165) is 6.20 Å². The second kappa shape index (κ2) is 5.02. The van der Waals surface area contributed by atoms with Crippen molar-refractivity contribution in [1.82, 2.24) is 4.98 Å². The first-order valence-electron chi connectivity index (χ1n) is 4.62. The lowest BCUT2D eigenvalue weighted by Crippen LogP contribution is -2.26. The van der Waals surface area contributed by atoms with Crippen molar-refractivity contribution in [1.29, 1.82) is 0 Å². The molecule has 4 heteroatoms. The Kier molecular flexibility index (Phi) is 3.98. The fourth-order valence-corrected chi connectivity index (χ4v) is 1.25. The van der Waals surface area contributed by atoms with E-state index in [1.807, 2.05) is 13.8 Å². The Morgan fingerprint density at radius 3 is 2.86 bits per heavy atom. The van der Waals surface area contributed by atoms with Crippen LogP contribution in [0.2, 0.25) is 0 Å². The Morgan fingerprint density at radius 1 is 1.57 bits per heavy atom. The minimum atomic E-state index is -0.373. The largest absolute Gasteiger partial charge is 0.377 e. The molecule has 0 aromatic carbocycles. The number of halogens is 1. The van der Waals surface area contributed by atoms with Crippen LogP contribution in [-0.4, -0.2) is 17.7 Å². The molecule has 0 amide bonds. The monoisotopic (exact) mass is 198 g/mol. The quantitative estimate of drug-likeness (QED) is 0.800. The summed E-state index contributed by atoms with van der Waals surface area (Å²) < 4.78 is 18.1. The highest BCUT2D eigenvalue weighted by Crippen LogP contribution is 2.16. The molecule has 2 N–H and O–H groups in total. The number of hydrogen-bond donors (Lipinski definition) is 1. The van der Waals surface area contributed by atoms with Crippen molar-refractivity contribution in [2.45, 2.75) is 26.0 Å². The van der Waals surface area contributed by atoms with Crippen molar-refractivity contribution in [3.05, 3.63) is 29.8 Å². The van der Waals surface area contributed by atoms with Crippen LogP contribution in [0.15, 0.2) is 18.5 Å². The molecule has 2 unspecified atom stereocenters. The number of ether oxygens (including phenoxy) is 1. The Labute approximate surface area is 83.1 Å². The summed E-state index contributed by atoms with van der Waals surface area (Å²) in [5, 5.41) is 0. The van der Waals surface area contributed by atoms with Gasteiger partial charge in [-0.15, -0.1) is 0 Å². The molecule has 0 bridgehead atoms. The maximum Gasteiger partial charge on any atom is 0.141 e. The molecule has 0 aliphatic carbocycles. The van der Waals surface area contributed by atoms with E-state index in [1.165, 1.54) is 6.07 Å². The highest BCUT2D eigenvalue weighted by molar-refractivity contribution is 5.15. The Bertz CT molecular complexity index is 293. The summed E-state index contributed by atoms with van der Waals surface area (Å²) in [4.78, 5) is 3.74. The molecular formula is C10H15FN2O. The minimum Gasteiger partial charge on any atom is -0.377 e. The van der Waals surface area contributed by atoms with Gasteiger partial charge in [0, 0.05) is 12.8 Å². The van der Waals surface area contributed by atoms with Gasteiger partial charge in [-0.1, -0.05) is 0 Å². The molecule has 0 spiro atoms. The molecule has 0 aliphatic rings. The van der Waals surface area contributed by atoms with Crippen molar-refractivity contribution in [2.24, 2.45) is 5.73 Å². The standard InChI is InChI=1S/C10H15FN2O/c1-3-14-7(2)10(12)8-4-9(11)6-13-5-8/h4-7,10H,3,12H2,1-2H3. The van der Waals surface area contributed by atoms with E-state index in [1.54, 1.807) is 6.20 Å². The van der Waals surface area contributed by atoms with Gasteiger partial charge in [-0.05, 0) is 25.5 Å². The Morgan fingerprint density at radius 2 is 2.29 bits per heavy atom. The molecule has 78 valence electrons. The van der Waals surface area contributed by atoms with Gasteiger partial charge < -0.3 is 10.5 Å². The van der Waals surface area contributed by atoms with Gasteiger partial charge in [0.25, 0.3) is 0 Å². The molecule has 0 fully saturated rings. The van der Waals surface area contributed by atoms with Crippen LogP contribution in [0.5, 0.6) is 0 Å². The van der Waals surface area contributed by atoms with Crippen LogP contribution in [0.25, 0.3) is 0 Å². The van der Waals surface area contributed by atoms with E-state index in [2.05, 4.69) is 4.98 Å². The van der Waals surface area contributed by atoms with Crippen LogP contribution in [0, 0.1) is 5.82 Å². The lowest BCUT2D eigenvalue weighted by Gasteiger charge is -2.19. The van der Waals surface area contributed by atoms with Crippen LogP contribution in [0.1, 0.15) is 25.5 Å². The summed E-state index contributed by atoms with van der Waals surface area (Å²) in [5.74, 6) is -0.373. The van der Waals surface area contributed by atoms with Crippen LogP contribution in [0.3, 0.4) is 0 Å². The molecule has 2 atom stereocenters. The van der Waals surface area contributed by atoms with Crippen molar-refractivity contribution in [2.75, 3.05) is 6.61 Å². The zero-order valence-electron chi connectivity index (χ0n) is 8.40. The molecule has 14 heavy (non-hydrogen) atoms. The van der Waals surface area contributed by atoms with E-state index in [0.29, 0.717) is 12.2 Å². The number of nitrogens with two attached hydrogens (primary N) is 1. The zero-order chi connectivity index (χ0) is 10.6. The van der Waals surface area contributed by atoms with Crippen molar-refractivity contribution >= 4 is 0 Å². The molecule has 0 saturated heterocycles. The molecule has 1 rings (SSSR count). The molecule has 0 saturated carbocycles. The van der Waals surface area contributed by atoms with Gasteiger partial charge in [0.15, 0.2) is 0 Å². The molecule has 0 aliphatic heterocycles. The van der Waals surface area contributed by atoms with E-state index in [4.69, 9.17) is 10.5 Å².